The van der Waals surface area contributed by atoms with Gasteiger partial charge in [0.2, 0.25) is 10.0 Å². The molecule has 1 heterocycles. The summed E-state index contributed by atoms with van der Waals surface area (Å²) in [6.07, 6.45) is 0. The van der Waals surface area contributed by atoms with Crippen LogP contribution >= 0.6 is 0 Å². The van der Waals surface area contributed by atoms with Gasteiger partial charge in [-0.1, -0.05) is 23.8 Å². The molecule has 6 nitrogen and oxygen atoms in total. The number of alkyl halides is 2. The lowest BCUT2D eigenvalue weighted by Gasteiger charge is -2.34. The molecule has 0 spiro atoms. The minimum Gasteiger partial charge on any atom is -0.435 e. The molecule has 0 unspecified atom stereocenters. The topological polar surface area (TPSA) is 66.9 Å². The molecular weight excluding hydrogens is 402 g/mol. The van der Waals surface area contributed by atoms with Gasteiger partial charge < -0.3 is 9.64 Å². The average molecular weight is 424 g/mol. The number of ether oxygens (including phenoxy) is 1. The number of carbonyl (C=O) groups excluding carboxylic acids is 1. The van der Waals surface area contributed by atoms with Crippen LogP contribution in [-0.4, -0.2) is 56.3 Å². The second kappa shape index (κ2) is 8.46. The highest BCUT2D eigenvalue weighted by molar-refractivity contribution is 7.89. The third-order valence-electron chi connectivity index (χ3n) is 4.78. The first-order valence-corrected chi connectivity index (χ1v) is 10.5. The van der Waals surface area contributed by atoms with Crippen LogP contribution in [0, 0.1) is 13.8 Å². The molecule has 0 atom stereocenters. The van der Waals surface area contributed by atoms with E-state index in [4.69, 9.17) is 0 Å². The van der Waals surface area contributed by atoms with Crippen molar-refractivity contribution in [1.82, 2.24) is 9.21 Å². The maximum atomic E-state index is 12.9. The Bertz CT molecular complexity index is 1000. The smallest absolute Gasteiger partial charge is 0.387 e. The lowest BCUT2D eigenvalue weighted by molar-refractivity contribution is -0.0499. The molecule has 0 aliphatic carbocycles. The van der Waals surface area contributed by atoms with E-state index in [0.29, 0.717) is 5.56 Å². The summed E-state index contributed by atoms with van der Waals surface area (Å²) in [6, 6.07) is 10.8. The Labute approximate surface area is 168 Å². The third-order valence-corrected chi connectivity index (χ3v) is 6.84. The van der Waals surface area contributed by atoms with Gasteiger partial charge in [0.05, 0.1) is 4.90 Å². The van der Waals surface area contributed by atoms with Crippen molar-refractivity contribution in [2.75, 3.05) is 26.2 Å². The summed E-state index contributed by atoms with van der Waals surface area (Å²) in [5.74, 6) is -0.449. The van der Waals surface area contributed by atoms with E-state index < -0.39 is 16.6 Å². The number of benzene rings is 2. The molecule has 29 heavy (non-hydrogen) atoms. The number of piperazine rings is 1. The van der Waals surface area contributed by atoms with Gasteiger partial charge in [0.15, 0.2) is 0 Å². The van der Waals surface area contributed by atoms with Crippen LogP contribution in [0.2, 0.25) is 0 Å². The number of aryl methyl sites for hydroxylation is 2. The van der Waals surface area contributed by atoms with Gasteiger partial charge in [0.1, 0.15) is 5.75 Å². The summed E-state index contributed by atoms with van der Waals surface area (Å²) in [4.78, 5) is 14.4. The van der Waals surface area contributed by atoms with Crippen molar-refractivity contribution in [2.24, 2.45) is 0 Å². The molecule has 0 aromatic heterocycles. The fourth-order valence-corrected chi connectivity index (χ4v) is 4.98. The van der Waals surface area contributed by atoms with Crippen molar-refractivity contribution in [2.45, 2.75) is 25.4 Å². The van der Waals surface area contributed by atoms with E-state index in [1.807, 2.05) is 13.0 Å². The van der Waals surface area contributed by atoms with Gasteiger partial charge in [0.25, 0.3) is 5.91 Å². The maximum absolute atomic E-state index is 12.9. The molecule has 1 saturated heterocycles. The minimum absolute atomic E-state index is 0.0955. The van der Waals surface area contributed by atoms with Crippen LogP contribution < -0.4 is 4.74 Å². The average Bonchev–Trinajstić information content (AvgIpc) is 2.67. The van der Waals surface area contributed by atoms with E-state index in [2.05, 4.69) is 4.74 Å². The molecule has 1 aliphatic heterocycles. The van der Waals surface area contributed by atoms with Gasteiger partial charge in [0, 0.05) is 31.7 Å². The van der Waals surface area contributed by atoms with Crippen molar-refractivity contribution in [3.05, 3.63) is 59.2 Å². The van der Waals surface area contributed by atoms with Gasteiger partial charge in [-0.2, -0.15) is 13.1 Å². The lowest BCUT2D eigenvalue weighted by Crippen LogP contribution is -2.50. The first kappa shape index (κ1) is 21.2. The molecule has 9 heteroatoms. The van der Waals surface area contributed by atoms with Crippen LogP contribution in [-0.2, 0) is 10.0 Å². The maximum Gasteiger partial charge on any atom is 0.387 e. The number of amides is 1. The van der Waals surface area contributed by atoms with Crippen LogP contribution in [0.5, 0.6) is 5.75 Å². The van der Waals surface area contributed by atoms with Crippen LogP contribution in [0.25, 0.3) is 0 Å². The van der Waals surface area contributed by atoms with Gasteiger partial charge in [-0.3, -0.25) is 4.79 Å². The zero-order chi connectivity index (χ0) is 21.2. The Kier molecular flexibility index (Phi) is 6.18. The fourth-order valence-electron chi connectivity index (χ4n) is 3.35. The van der Waals surface area contributed by atoms with Gasteiger partial charge in [-0.25, -0.2) is 8.42 Å². The molecule has 2 aromatic carbocycles. The van der Waals surface area contributed by atoms with Crippen molar-refractivity contribution in [3.8, 4) is 5.75 Å². The fraction of sp³-hybridized carbons (Fsp3) is 0.350. The number of sulfonamides is 1. The SMILES string of the molecule is Cc1ccc(S(=O)(=O)N2CCN(C(=O)c3cccc(OC(F)F)c3)CC2)c(C)c1. The van der Waals surface area contributed by atoms with Crippen molar-refractivity contribution in [3.63, 3.8) is 0 Å². The van der Waals surface area contributed by atoms with E-state index in [0.717, 1.165) is 5.56 Å². The summed E-state index contributed by atoms with van der Waals surface area (Å²) < 4.78 is 56.3. The molecule has 2 aromatic rings. The van der Waals surface area contributed by atoms with Crippen LogP contribution in [0.15, 0.2) is 47.4 Å². The van der Waals surface area contributed by atoms with E-state index in [1.165, 1.54) is 33.5 Å². The monoisotopic (exact) mass is 424 g/mol. The molecular formula is C20H22F2N2O4S. The van der Waals surface area contributed by atoms with E-state index in [-0.39, 0.29) is 48.3 Å². The lowest BCUT2D eigenvalue weighted by atomic mass is 10.1. The number of rotatable bonds is 5. The van der Waals surface area contributed by atoms with Gasteiger partial charge in [-0.15, -0.1) is 0 Å². The Balaban J connectivity index is 1.69. The highest BCUT2D eigenvalue weighted by atomic mass is 32.2. The standard InChI is InChI=1S/C20H22F2N2O4S/c1-14-6-7-18(15(2)12-14)29(26,27)24-10-8-23(9-11-24)19(25)16-4-3-5-17(13-16)28-20(21)22/h3-7,12-13,20H,8-11H2,1-2H3. The second-order valence-corrected chi connectivity index (χ2v) is 8.78. The number of nitrogens with zero attached hydrogens (tertiary/aromatic N) is 2. The predicted octanol–water partition coefficient (Wildman–Crippen LogP) is 3.05. The number of hydrogen-bond donors (Lipinski definition) is 0. The number of carbonyl (C=O) groups is 1. The molecule has 0 radical (unpaired) electrons. The Morgan fingerprint density at radius 2 is 1.72 bits per heavy atom. The zero-order valence-corrected chi connectivity index (χ0v) is 17.0. The Hall–Kier alpha value is -2.52. The molecule has 0 saturated carbocycles. The molecule has 0 bridgehead atoms. The molecule has 156 valence electrons. The van der Waals surface area contributed by atoms with E-state index in [1.54, 1.807) is 19.1 Å². The quantitative estimate of drug-likeness (QED) is 0.740. The summed E-state index contributed by atoms with van der Waals surface area (Å²) in [5.41, 5.74) is 1.88. The van der Waals surface area contributed by atoms with Crippen molar-refractivity contribution in [1.29, 1.82) is 0 Å². The van der Waals surface area contributed by atoms with E-state index >= 15 is 0 Å². The second-order valence-electron chi connectivity index (χ2n) is 6.87. The third kappa shape index (κ3) is 4.73. The summed E-state index contributed by atoms with van der Waals surface area (Å²) in [6.45, 7) is 1.43. The molecule has 3 rings (SSSR count). The largest absolute Gasteiger partial charge is 0.435 e. The molecule has 1 aliphatic rings. The molecule has 0 N–H and O–H groups in total. The summed E-state index contributed by atoms with van der Waals surface area (Å²) in [7, 11) is -3.65. The molecule has 1 amide bonds. The van der Waals surface area contributed by atoms with Crippen LogP contribution in [0.1, 0.15) is 21.5 Å². The first-order chi connectivity index (χ1) is 13.7. The zero-order valence-electron chi connectivity index (χ0n) is 16.1. The number of hydrogen-bond acceptors (Lipinski definition) is 4. The highest BCUT2D eigenvalue weighted by Crippen LogP contribution is 2.23. The Morgan fingerprint density at radius 1 is 1.03 bits per heavy atom. The normalized spacial score (nSPS) is 15.6. The Morgan fingerprint density at radius 3 is 2.34 bits per heavy atom. The van der Waals surface area contributed by atoms with Gasteiger partial charge >= 0.3 is 6.61 Å². The number of halogens is 2. The highest BCUT2D eigenvalue weighted by Gasteiger charge is 2.31. The van der Waals surface area contributed by atoms with Crippen molar-refractivity contribution < 1.29 is 26.7 Å². The first-order valence-electron chi connectivity index (χ1n) is 9.10. The predicted molar refractivity (Wildman–Crippen MR) is 104 cm³/mol. The van der Waals surface area contributed by atoms with Crippen molar-refractivity contribution >= 4 is 15.9 Å². The summed E-state index contributed by atoms with van der Waals surface area (Å²) >= 11 is 0. The van der Waals surface area contributed by atoms with Crippen LogP contribution in [0.3, 0.4) is 0 Å². The van der Waals surface area contributed by atoms with Gasteiger partial charge in [-0.05, 0) is 43.7 Å². The minimum atomic E-state index is -3.65. The van der Waals surface area contributed by atoms with E-state index in [9.17, 15) is 22.0 Å². The summed E-state index contributed by atoms with van der Waals surface area (Å²) in [5, 5.41) is 0. The molecule has 1 fully saturated rings. The van der Waals surface area contributed by atoms with Crippen LogP contribution in [0.4, 0.5) is 8.78 Å².